The van der Waals surface area contributed by atoms with Crippen LogP contribution in [0.2, 0.25) is 0 Å². The predicted molar refractivity (Wildman–Crippen MR) is 79.8 cm³/mol. The Morgan fingerprint density at radius 1 is 1.18 bits per heavy atom. The van der Waals surface area contributed by atoms with Crippen molar-refractivity contribution in [2.45, 2.75) is 48.5 Å². The molecule has 0 amide bonds. The van der Waals surface area contributed by atoms with Crippen molar-refractivity contribution in [1.29, 1.82) is 0 Å². The van der Waals surface area contributed by atoms with Crippen LogP contribution < -0.4 is 0 Å². The van der Waals surface area contributed by atoms with Crippen LogP contribution in [0.25, 0.3) is 0 Å². The molecule has 96 valence electrons. The second-order valence-corrected chi connectivity index (χ2v) is 5.29. The van der Waals surface area contributed by atoms with Gasteiger partial charge in [-0.05, 0) is 55.9 Å². The molecule has 0 aromatic heterocycles. The van der Waals surface area contributed by atoms with Crippen molar-refractivity contribution < 1.29 is 0 Å². The quantitative estimate of drug-likeness (QED) is 0.480. The Morgan fingerprint density at radius 2 is 1.76 bits per heavy atom. The first-order chi connectivity index (χ1) is 7.84. The van der Waals surface area contributed by atoms with Crippen LogP contribution in [0, 0.1) is 5.41 Å². The molecule has 0 unspecified atom stereocenters. The summed E-state index contributed by atoms with van der Waals surface area (Å²) in [4.78, 5) is 4.22. The van der Waals surface area contributed by atoms with Crippen molar-refractivity contribution in [1.82, 2.24) is 0 Å². The van der Waals surface area contributed by atoms with E-state index in [0.717, 1.165) is 6.54 Å². The third kappa shape index (κ3) is 5.67. The number of rotatable bonds is 4. The molecular weight excluding hydrogens is 206 g/mol. The van der Waals surface area contributed by atoms with E-state index in [1.54, 1.807) is 0 Å². The first-order valence-electron chi connectivity index (χ1n) is 6.35. The molecule has 0 saturated carbocycles. The molecule has 17 heavy (non-hydrogen) atoms. The van der Waals surface area contributed by atoms with E-state index in [4.69, 9.17) is 0 Å². The van der Waals surface area contributed by atoms with Crippen LogP contribution in [0.5, 0.6) is 0 Å². The van der Waals surface area contributed by atoms with Gasteiger partial charge in [0.1, 0.15) is 0 Å². The fourth-order valence-electron chi connectivity index (χ4n) is 1.71. The molecule has 0 aromatic rings. The first-order valence-corrected chi connectivity index (χ1v) is 6.35. The lowest BCUT2D eigenvalue weighted by Gasteiger charge is -2.23. The molecule has 1 nitrogen and oxygen atoms in total. The normalized spacial score (nSPS) is 15.8. The van der Waals surface area contributed by atoms with Gasteiger partial charge in [-0.15, -0.1) is 0 Å². The Hall–Kier alpha value is -1.11. The fraction of sp³-hybridized carbons (Fsp3) is 0.562. The molecule has 0 fully saturated rings. The minimum Gasteiger partial charge on any atom is -0.293 e. The highest BCUT2D eigenvalue weighted by Gasteiger charge is 2.17. The number of allylic oxidation sites excluding steroid dienone is 6. The summed E-state index contributed by atoms with van der Waals surface area (Å²) in [6.45, 7) is 16.0. The van der Waals surface area contributed by atoms with E-state index in [1.807, 2.05) is 13.1 Å². The SMILES string of the molecule is CC=CC(=C(C)C(C)=CC=NCC)C(C)(C)C. The van der Waals surface area contributed by atoms with E-state index < -0.39 is 0 Å². The molecule has 0 atom stereocenters. The zero-order valence-corrected chi connectivity index (χ0v) is 12.5. The van der Waals surface area contributed by atoms with Crippen LogP contribution >= 0.6 is 0 Å². The molecule has 0 bridgehead atoms. The molecule has 0 saturated heterocycles. The van der Waals surface area contributed by atoms with Crippen molar-refractivity contribution in [2.75, 3.05) is 6.54 Å². The van der Waals surface area contributed by atoms with Gasteiger partial charge in [0.15, 0.2) is 0 Å². The lowest BCUT2D eigenvalue weighted by atomic mass is 9.81. The van der Waals surface area contributed by atoms with Crippen molar-refractivity contribution >= 4 is 6.21 Å². The van der Waals surface area contributed by atoms with Crippen molar-refractivity contribution in [2.24, 2.45) is 10.4 Å². The molecule has 0 heterocycles. The summed E-state index contributed by atoms with van der Waals surface area (Å²) in [5.74, 6) is 0. The molecule has 0 rings (SSSR count). The van der Waals surface area contributed by atoms with Crippen molar-refractivity contribution in [3.8, 4) is 0 Å². The Kier molecular flexibility index (Phi) is 6.79. The standard InChI is InChI=1S/C16H27N/c1-8-10-15(16(5,6)7)14(4)13(3)11-12-17-9-2/h8,10-12H,9H2,1-7H3. The first kappa shape index (κ1) is 15.9. The van der Waals surface area contributed by atoms with E-state index in [-0.39, 0.29) is 5.41 Å². The van der Waals surface area contributed by atoms with E-state index in [9.17, 15) is 0 Å². The highest BCUT2D eigenvalue weighted by molar-refractivity contribution is 5.73. The summed E-state index contributed by atoms with van der Waals surface area (Å²) in [6, 6.07) is 0. The van der Waals surface area contributed by atoms with E-state index in [2.05, 4.69) is 64.8 Å². The third-order valence-electron chi connectivity index (χ3n) is 2.75. The molecular formula is C16H27N. The summed E-state index contributed by atoms with van der Waals surface area (Å²) < 4.78 is 0. The van der Waals surface area contributed by atoms with Crippen LogP contribution in [-0.4, -0.2) is 12.8 Å². The van der Waals surface area contributed by atoms with Gasteiger partial charge in [0.2, 0.25) is 0 Å². The van der Waals surface area contributed by atoms with Crippen LogP contribution in [-0.2, 0) is 0 Å². The Morgan fingerprint density at radius 3 is 2.18 bits per heavy atom. The van der Waals surface area contributed by atoms with Crippen LogP contribution in [0.3, 0.4) is 0 Å². The minimum absolute atomic E-state index is 0.174. The van der Waals surface area contributed by atoms with Gasteiger partial charge in [-0.25, -0.2) is 0 Å². The van der Waals surface area contributed by atoms with E-state index in [0.29, 0.717) is 0 Å². The van der Waals surface area contributed by atoms with E-state index >= 15 is 0 Å². The summed E-state index contributed by atoms with van der Waals surface area (Å²) >= 11 is 0. The molecule has 0 aromatic carbocycles. The number of hydrogen-bond donors (Lipinski definition) is 0. The molecule has 0 spiro atoms. The van der Waals surface area contributed by atoms with Gasteiger partial charge in [-0.1, -0.05) is 32.9 Å². The molecule has 0 radical (unpaired) electrons. The zero-order valence-electron chi connectivity index (χ0n) is 12.5. The maximum Gasteiger partial charge on any atom is 0.0360 e. The van der Waals surface area contributed by atoms with Crippen molar-refractivity contribution in [3.05, 3.63) is 34.9 Å². The molecule has 0 aliphatic heterocycles. The van der Waals surface area contributed by atoms with E-state index in [1.165, 1.54) is 16.7 Å². The monoisotopic (exact) mass is 233 g/mol. The minimum atomic E-state index is 0.174. The lowest BCUT2D eigenvalue weighted by molar-refractivity contribution is 0.512. The Bertz CT molecular complexity index is 346. The predicted octanol–water partition coefficient (Wildman–Crippen LogP) is 4.96. The topological polar surface area (TPSA) is 12.4 Å². The third-order valence-corrected chi connectivity index (χ3v) is 2.75. The van der Waals surface area contributed by atoms with Gasteiger partial charge in [-0.2, -0.15) is 0 Å². The Balaban J connectivity index is 5.35. The van der Waals surface area contributed by atoms with Gasteiger partial charge in [-0.3, -0.25) is 4.99 Å². The van der Waals surface area contributed by atoms with Crippen LogP contribution in [0.4, 0.5) is 0 Å². The average Bonchev–Trinajstić information content (AvgIpc) is 2.23. The number of aliphatic imine (C=N–C) groups is 1. The second kappa shape index (κ2) is 7.26. The van der Waals surface area contributed by atoms with Crippen LogP contribution in [0.15, 0.2) is 39.9 Å². The molecule has 0 aliphatic carbocycles. The van der Waals surface area contributed by atoms with Gasteiger partial charge >= 0.3 is 0 Å². The smallest absolute Gasteiger partial charge is 0.0360 e. The van der Waals surface area contributed by atoms with Gasteiger partial charge in [0.25, 0.3) is 0 Å². The molecule has 0 N–H and O–H groups in total. The summed E-state index contributed by atoms with van der Waals surface area (Å²) in [6.07, 6.45) is 8.31. The Labute approximate surface area is 107 Å². The number of hydrogen-bond acceptors (Lipinski definition) is 1. The number of nitrogens with zero attached hydrogens (tertiary/aromatic N) is 1. The average molecular weight is 233 g/mol. The van der Waals surface area contributed by atoms with Crippen molar-refractivity contribution in [3.63, 3.8) is 0 Å². The summed E-state index contributed by atoms with van der Waals surface area (Å²) in [5, 5.41) is 0. The van der Waals surface area contributed by atoms with Gasteiger partial charge < -0.3 is 0 Å². The maximum atomic E-state index is 4.22. The zero-order chi connectivity index (χ0) is 13.5. The molecule has 0 aliphatic rings. The van der Waals surface area contributed by atoms with Gasteiger partial charge in [0, 0.05) is 12.8 Å². The summed E-state index contributed by atoms with van der Waals surface area (Å²) in [7, 11) is 0. The fourth-order valence-corrected chi connectivity index (χ4v) is 1.71. The molecule has 1 heteroatoms. The highest BCUT2D eigenvalue weighted by atomic mass is 14.7. The summed E-state index contributed by atoms with van der Waals surface area (Å²) in [5.41, 5.74) is 4.19. The highest BCUT2D eigenvalue weighted by Crippen LogP contribution is 2.31. The van der Waals surface area contributed by atoms with Crippen LogP contribution in [0.1, 0.15) is 48.5 Å². The largest absolute Gasteiger partial charge is 0.293 e. The lowest BCUT2D eigenvalue weighted by Crippen LogP contribution is -2.10. The second-order valence-electron chi connectivity index (χ2n) is 5.29. The maximum absolute atomic E-state index is 4.22. The van der Waals surface area contributed by atoms with Gasteiger partial charge in [0.05, 0.1) is 0 Å².